The van der Waals surface area contributed by atoms with Gasteiger partial charge in [-0.25, -0.2) is 8.37 Å². The Morgan fingerprint density at radius 3 is 1.46 bits per heavy atom. The van der Waals surface area contributed by atoms with Gasteiger partial charge in [-0.15, -0.1) is 0 Å². The number of hydrogen-bond donors (Lipinski definition) is 0. The highest BCUT2D eigenvalue weighted by molar-refractivity contribution is 7.88. The quantitative estimate of drug-likeness (QED) is 0.180. The molecule has 0 saturated carbocycles. The van der Waals surface area contributed by atoms with E-state index in [1.807, 2.05) is 6.92 Å². The van der Waals surface area contributed by atoms with Crippen molar-refractivity contribution < 1.29 is 51.5 Å². The Labute approximate surface area is 135 Å². The van der Waals surface area contributed by atoms with E-state index in [4.69, 9.17) is 0 Å². The Morgan fingerprint density at radius 1 is 0.750 bits per heavy atom. The summed E-state index contributed by atoms with van der Waals surface area (Å²) in [7, 11) is -12.6. The van der Waals surface area contributed by atoms with E-state index in [9.17, 15) is 43.2 Å². The Kier molecular flexibility index (Phi) is 8.45. The Morgan fingerprint density at radius 2 is 1.12 bits per heavy atom. The molecule has 146 valence electrons. The van der Waals surface area contributed by atoms with Gasteiger partial charge in [-0.1, -0.05) is 32.6 Å². The third-order valence-corrected chi connectivity index (χ3v) is 4.65. The summed E-state index contributed by atoms with van der Waals surface area (Å²) in [5.41, 5.74) is -11.9. The molecule has 14 heteroatoms. The van der Waals surface area contributed by atoms with Crippen LogP contribution in [0.2, 0.25) is 0 Å². The summed E-state index contributed by atoms with van der Waals surface area (Å²) in [5.74, 6) is 0. The maximum atomic E-state index is 12.2. The first kappa shape index (κ1) is 23.4. The molecule has 0 rings (SSSR count). The van der Waals surface area contributed by atoms with Crippen molar-refractivity contribution >= 4 is 20.2 Å². The summed E-state index contributed by atoms with van der Waals surface area (Å²) in [6.45, 7) is 1.85. The first-order chi connectivity index (χ1) is 10.6. The average Bonchev–Trinajstić information content (AvgIpc) is 2.34. The molecule has 0 aliphatic carbocycles. The van der Waals surface area contributed by atoms with Crippen molar-refractivity contribution in [3.8, 4) is 0 Å². The van der Waals surface area contributed by atoms with Crippen LogP contribution in [0.25, 0.3) is 0 Å². The monoisotopic (exact) mass is 410 g/mol. The van der Waals surface area contributed by atoms with Crippen molar-refractivity contribution in [2.45, 2.75) is 62.8 Å². The van der Waals surface area contributed by atoms with Crippen LogP contribution in [0.3, 0.4) is 0 Å². The van der Waals surface area contributed by atoms with Gasteiger partial charge in [0.25, 0.3) is 0 Å². The molecule has 0 aliphatic heterocycles. The lowest BCUT2D eigenvalue weighted by Crippen LogP contribution is -2.36. The van der Waals surface area contributed by atoms with Crippen LogP contribution in [0.15, 0.2) is 0 Å². The Hall–Kier alpha value is -0.600. The first-order valence-corrected chi connectivity index (χ1v) is 9.45. The lowest BCUT2D eigenvalue weighted by molar-refractivity contribution is -0.0878. The summed E-state index contributed by atoms with van der Waals surface area (Å²) < 4.78 is 124. The molecule has 0 aromatic carbocycles. The molecule has 0 N–H and O–H groups in total. The number of alkyl halides is 6. The van der Waals surface area contributed by atoms with E-state index in [2.05, 4.69) is 8.37 Å². The summed E-state index contributed by atoms with van der Waals surface area (Å²) in [5, 5.41) is 0. The fourth-order valence-corrected chi connectivity index (χ4v) is 2.52. The molecule has 0 radical (unpaired) electrons. The Bertz CT molecular complexity index is 534. The molecule has 0 fully saturated rings. The number of unbranched alkanes of at least 4 members (excludes halogenated alkanes) is 4. The van der Waals surface area contributed by atoms with Gasteiger partial charge in [-0.05, 0) is 6.42 Å². The van der Waals surface area contributed by atoms with Crippen molar-refractivity contribution in [1.82, 2.24) is 0 Å². The highest BCUT2D eigenvalue weighted by Crippen LogP contribution is 2.31. The molecule has 0 atom stereocenters. The molecule has 0 heterocycles. The van der Waals surface area contributed by atoms with Crippen molar-refractivity contribution in [1.29, 1.82) is 0 Å². The average molecular weight is 410 g/mol. The molecule has 0 bridgehead atoms. The standard InChI is InChI=1S/C10H16F6O6S2/c1-2-3-4-5-6-7-8(21-23(17,18)9(11,12)13)22-24(19,20)10(14,15)16/h8H,2-7H2,1H3. The van der Waals surface area contributed by atoms with Crippen LogP contribution in [0.1, 0.15) is 45.4 Å². The molecule has 6 nitrogen and oxygen atoms in total. The van der Waals surface area contributed by atoms with Gasteiger partial charge in [-0.3, -0.25) is 0 Å². The largest absolute Gasteiger partial charge is 0.523 e. The molecule has 0 amide bonds. The van der Waals surface area contributed by atoms with Gasteiger partial charge in [0.05, 0.1) is 0 Å². The lowest BCUT2D eigenvalue weighted by Gasteiger charge is -2.19. The van der Waals surface area contributed by atoms with E-state index in [1.165, 1.54) is 0 Å². The Balaban J connectivity index is 5.11. The second kappa shape index (κ2) is 8.67. The van der Waals surface area contributed by atoms with E-state index in [-0.39, 0.29) is 6.42 Å². The zero-order valence-electron chi connectivity index (χ0n) is 12.4. The zero-order chi connectivity index (χ0) is 19.2. The molecule has 0 aliphatic rings. The minimum absolute atomic E-state index is 0.0918. The van der Waals surface area contributed by atoms with Crippen molar-refractivity contribution in [3.05, 3.63) is 0 Å². The van der Waals surface area contributed by atoms with Gasteiger partial charge in [0.2, 0.25) is 0 Å². The predicted octanol–water partition coefficient (Wildman–Crippen LogP) is 3.41. The lowest BCUT2D eigenvalue weighted by atomic mass is 10.1. The molecule has 0 aromatic rings. The van der Waals surface area contributed by atoms with E-state index in [0.29, 0.717) is 12.8 Å². The fourth-order valence-electron chi connectivity index (χ4n) is 1.42. The fraction of sp³-hybridized carbons (Fsp3) is 1.00. The van der Waals surface area contributed by atoms with Crippen molar-refractivity contribution in [3.63, 3.8) is 0 Å². The van der Waals surface area contributed by atoms with Crippen LogP contribution in [-0.2, 0) is 28.6 Å². The summed E-state index contributed by atoms with van der Waals surface area (Å²) in [6.07, 6.45) is -1.23. The van der Waals surface area contributed by atoms with Crippen LogP contribution in [0.4, 0.5) is 26.3 Å². The molecule has 0 unspecified atom stereocenters. The van der Waals surface area contributed by atoms with Crippen LogP contribution >= 0.6 is 0 Å². The highest BCUT2D eigenvalue weighted by atomic mass is 32.2. The molecule has 0 aromatic heterocycles. The SMILES string of the molecule is CCCCCCCC(OS(=O)(=O)C(F)(F)F)OS(=O)(=O)C(F)(F)F. The second-order valence-corrected chi connectivity index (χ2v) is 7.75. The maximum Gasteiger partial charge on any atom is 0.523 e. The van der Waals surface area contributed by atoms with Gasteiger partial charge >= 0.3 is 31.3 Å². The molecular weight excluding hydrogens is 394 g/mol. The topological polar surface area (TPSA) is 86.7 Å². The minimum Gasteiger partial charge on any atom is -0.230 e. The smallest absolute Gasteiger partial charge is 0.230 e. The number of halogens is 6. The van der Waals surface area contributed by atoms with Gasteiger partial charge in [0.15, 0.2) is 6.29 Å². The number of rotatable bonds is 10. The highest BCUT2D eigenvalue weighted by Gasteiger charge is 2.52. The molecule has 0 spiro atoms. The first-order valence-electron chi connectivity index (χ1n) is 6.63. The molecule has 0 saturated heterocycles. The third-order valence-electron chi connectivity index (χ3n) is 2.58. The zero-order valence-corrected chi connectivity index (χ0v) is 14.0. The van der Waals surface area contributed by atoms with E-state index >= 15 is 0 Å². The number of hydrogen-bond acceptors (Lipinski definition) is 6. The second-order valence-electron chi connectivity index (χ2n) is 4.62. The normalized spacial score (nSPS) is 14.3. The van der Waals surface area contributed by atoms with Gasteiger partial charge in [0.1, 0.15) is 0 Å². The van der Waals surface area contributed by atoms with E-state index in [0.717, 1.165) is 12.8 Å². The van der Waals surface area contributed by atoms with Crippen LogP contribution < -0.4 is 0 Å². The third kappa shape index (κ3) is 7.53. The predicted molar refractivity (Wildman–Crippen MR) is 69.3 cm³/mol. The van der Waals surface area contributed by atoms with E-state index in [1.54, 1.807) is 0 Å². The van der Waals surface area contributed by atoms with E-state index < -0.39 is 44.0 Å². The summed E-state index contributed by atoms with van der Waals surface area (Å²) in [6, 6.07) is 0. The van der Waals surface area contributed by atoms with Gasteiger partial charge < -0.3 is 0 Å². The van der Waals surface area contributed by atoms with Crippen LogP contribution in [0.5, 0.6) is 0 Å². The van der Waals surface area contributed by atoms with Crippen LogP contribution in [-0.4, -0.2) is 34.1 Å². The molecule has 24 heavy (non-hydrogen) atoms. The minimum atomic E-state index is -6.32. The van der Waals surface area contributed by atoms with Gasteiger partial charge in [-0.2, -0.15) is 43.2 Å². The summed E-state index contributed by atoms with van der Waals surface area (Å²) >= 11 is 0. The molecular formula is C10H16F6O6S2. The maximum absolute atomic E-state index is 12.2. The van der Waals surface area contributed by atoms with Crippen molar-refractivity contribution in [2.24, 2.45) is 0 Å². The van der Waals surface area contributed by atoms with Crippen molar-refractivity contribution in [2.75, 3.05) is 0 Å². The summed E-state index contributed by atoms with van der Waals surface area (Å²) in [4.78, 5) is 0. The van der Waals surface area contributed by atoms with Gasteiger partial charge in [0, 0.05) is 6.42 Å². The van der Waals surface area contributed by atoms with Crippen LogP contribution in [0, 0.1) is 0 Å².